The highest BCUT2D eigenvalue weighted by Crippen LogP contribution is 2.21. The molecule has 0 bridgehead atoms. The Morgan fingerprint density at radius 2 is 2.03 bits per heavy atom. The Morgan fingerprint density at radius 3 is 2.88 bits per heavy atom. The first-order valence-corrected chi connectivity index (χ1v) is 11.9. The molecule has 2 aromatic heterocycles. The van der Waals surface area contributed by atoms with Crippen LogP contribution in [-0.2, 0) is 26.2 Å². The van der Waals surface area contributed by atoms with Gasteiger partial charge in [0.25, 0.3) is 0 Å². The molecule has 1 N–H and O–H groups in total. The molecular weight excluding hydrogens is 454 g/mol. The van der Waals surface area contributed by atoms with Crippen LogP contribution >= 0.6 is 11.7 Å². The fourth-order valence-corrected chi connectivity index (χ4v) is 5.04. The molecule has 0 atom stereocenters. The molecule has 0 saturated carbocycles. The lowest BCUT2D eigenvalue weighted by Crippen LogP contribution is -2.25. The molecule has 4 aromatic rings. The molecule has 0 aliphatic rings. The summed E-state index contributed by atoms with van der Waals surface area (Å²) in [6.45, 7) is 1.87. The Morgan fingerprint density at radius 1 is 1.19 bits per heavy atom. The summed E-state index contributed by atoms with van der Waals surface area (Å²) in [7, 11) is -3.79. The van der Waals surface area contributed by atoms with Gasteiger partial charge in [0, 0.05) is 30.0 Å². The monoisotopic (exact) mass is 473 g/mol. The number of nitrogens with zero attached hydrogens (tertiary/aromatic N) is 2. The quantitative estimate of drug-likeness (QED) is 0.235. The summed E-state index contributed by atoms with van der Waals surface area (Å²) >= 11 is 0.942. The van der Waals surface area contributed by atoms with E-state index in [1.54, 1.807) is 18.2 Å². The van der Waals surface area contributed by atoms with Gasteiger partial charge in [-0.05, 0) is 37.1 Å². The van der Waals surface area contributed by atoms with E-state index >= 15 is 0 Å². The van der Waals surface area contributed by atoms with Crippen molar-refractivity contribution in [1.82, 2.24) is 13.5 Å². The number of aromatic nitrogens is 2. The van der Waals surface area contributed by atoms with E-state index in [1.165, 1.54) is 12.1 Å². The number of carbonyl (C=O) groups is 1. The third kappa shape index (κ3) is 4.85. The van der Waals surface area contributed by atoms with Crippen molar-refractivity contribution in [3.05, 3.63) is 64.0 Å². The molecule has 11 heteroatoms. The molecule has 166 valence electrons. The molecule has 2 heterocycles. The lowest BCUT2D eigenvalue weighted by molar-refractivity contribution is -0.145. The minimum absolute atomic E-state index is 0.0173. The molecule has 0 unspecified atom stereocenters. The van der Waals surface area contributed by atoms with Crippen molar-refractivity contribution in [2.75, 3.05) is 6.54 Å². The largest absolute Gasteiger partial charge is 0.461 e. The fourth-order valence-electron chi connectivity index (χ4n) is 3.20. The van der Waals surface area contributed by atoms with Crippen LogP contribution in [0, 0.1) is 6.92 Å². The third-order valence-electron chi connectivity index (χ3n) is 4.76. The predicted molar refractivity (Wildman–Crippen MR) is 119 cm³/mol. The molecule has 0 saturated heterocycles. The van der Waals surface area contributed by atoms with Gasteiger partial charge in [0.15, 0.2) is 0 Å². The van der Waals surface area contributed by atoms with E-state index in [0.29, 0.717) is 27.6 Å². The summed E-state index contributed by atoms with van der Waals surface area (Å²) in [6, 6.07) is 11.5. The first kappa shape index (κ1) is 22.1. The van der Waals surface area contributed by atoms with Crippen LogP contribution in [0.25, 0.3) is 22.0 Å². The Hall–Kier alpha value is -3.15. The highest BCUT2D eigenvalue weighted by Gasteiger charge is 2.19. The van der Waals surface area contributed by atoms with E-state index in [9.17, 15) is 18.0 Å². The molecule has 9 nitrogen and oxygen atoms in total. The van der Waals surface area contributed by atoms with Crippen molar-refractivity contribution >= 4 is 49.7 Å². The van der Waals surface area contributed by atoms with Gasteiger partial charge >= 0.3 is 11.6 Å². The molecule has 0 amide bonds. The molecule has 2 aromatic carbocycles. The Kier molecular flexibility index (Phi) is 6.31. The Bertz CT molecular complexity index is 1460. The highest BCUT2D eigenvalue weighted by atomic mass is 32.2. The highest BCUT2D eigenvalue weighted by molar-refractivity contribution is 7.89. The van der Waals surface area contributed by atoms with E-state index in [1.807, 2.05) is 19.1 Å². The maximum absolute atomic E-state index is 12.6. The molecule has 0 fully saturated rings. The number of hydrogen-bond donors (Lipinski definition) is 1. The van der Waals surface area contributed by atoms with E-state index in [-0.39, 0.29) is 30.9 Å². The van der Waals surface area contributed by atoms with Gasteiger partial charge in [-0.1, -0.05) is 18.2 Å². The maximum atomic E-state index is 12.6. The number of ether oxygens (including phenoxy) is 1. The molecule has 0 aliphatic carbocycles. The van der Waals surface area contributed by atoms with Crippen molar-refractivity contribution in [3.63, 3.8) is 0 Å². The smallest absolute Gasteiger partial charge is 0.336 e. The van der Waals surface area contributed by atoms with E-state index < -0.39 is 21.6 Å². The molecular formula is C21H19N3O6S2. The van der Waals surface area contributed by atoms with Gasteiger partial charge in [-0.3, -0.25) is 4.79 Å². The first-order chi connectivity index (χ1) is 15.3. The fraction of sp³-hybridized carbons (Fsp3) is 0.238. The minimum Gasteiger partial charge on any atom is -0.461 e. The van der Waals surface area contributed by atoms with Crippen molar-refractivity contribution in [2.45, 2.75) is 31.3 Å². The Balaban J connectivity index is 1.31. The summed E-state index contributed by atoms with van der Waals surface area (Å²) in [5, 5.41) is 0.696. The normalized spacial score (nSPS) is 11.8. The number of aryl methyl sites for hydroxylation is 1. The SMILES string of the molecule is Cc1ccc2c(COC(=O)CCCNS(=O)(=O)c3cccc4nsnc34)cc(=O)oc2c1. The molecule has 0 aliphatic heterocycles. The number of rotatable bonds is 8. The van der Waals surface area contributed by atoms with E-state index in [2.05, 4.69) is 13.5 Å². The van der Waals surface area contributed by atoms with Gasteiger partial charge in [0.2, 0.25) is 10.0 Å². The molecule has 32 heavy (non-hydrogen) atoms. The summed E-state index contributed by atoms with van der Waals surface area (Å²) in [5.74, 6) is -0.497. The number of carbonyl (C=O) groups excluding carboxylic acids is 1. The lowest BCUT2D eigenvalue weighted by Gasteiger charge is -2.09. The second-order valence-corrected chi connectivity index (χ2v) is 9.40. The van der Waals surface area contributed by atoms with Crippen molar-refractivity contribution in [1.29, 1.82) is 0 Å². The van der Waals surface area contributed by atoms with Gasteiger partial charge < -0.3 is 9.15 Å². The van der Waals surface area contributed by atoms with Gasteiger partial charge in [-0.15, -0.1) is 0 Å². The molecule has 4 rings (SSSR count). The third-order valence-corrected chi connectivity index (χ3v) is 6.80. The van der Waals surface area contributed by atoms with E-state index in [0.717, 1.165) is 17.3 Å². The average Bonchev–Trinajstić information content (AvgIpc) is 3.23. The average molecular weight is 474 g/mol. The lowest BCUT2D eigenvalue weighted by atomic mass is 10.1. The number of esters is 1. The van der Waals surface area contributed by atoms with Crippen LogP contribution in [0.4, 0.5) is 0 Å². The topological polar surface area (TPSA) is 128 Å². The van der Waals surface area contributed by atoms with Crippen molar-refractivity contribution in [2.24, 2.45) is 0 Å². The van der Waals surface area contributed by atoms with Crippen LogP contribution in [0.5, 0.6) is 0 Å². The number of benzene rings is 2. The molecule has 0 radical (unpaired) electrons. The van der Waals surface area contributed by atoms with Crippen LogP contribution in [-0.4, -0.2) is 29.7 Å². The summed E-state index contributed by atoms with van der Waals surface area (Å²) < 4.78 is 46.1. The van der Waals surface area contributed by atoms with Gasteiger partial charge in [-0.25, -0.2) is 17.9 Å². The summed E-state index contributed by atoms with van der Waals surface area (Å²) in [4.78, 5) is 23.9. The van der Waals surface area contributed by atoms with E-state index in [4.69, 9.17) is 9.15 Å². The van der Waals surface area contributed by atoms with Crippen LogP contribution < -0.4 is 10.3 Å². The standard InChI is InChI=1S/C21H19N3O6S2/c1-13-7-8-15-14(11-20(26)30-17(15)10-13)12-29-19(25)6-3-9-22-32(27,28)18-5-2-4-16-21(18)24-31-23-16/h2,4-5,7-8,10-11,22H,3,6,9,12H2,1H3. The molecule has 0 spiro atoms. The zero-order valence-electron chi connectivity index (χ0n) is 17.0. The second-order valence-electron chi connectivity index (χ2n) is 7.14. The zero-order valence-corrected chi connectivity index (χ0v) is 18.7. The van der Waals surface area contributed by atoms with Crippen LogP contribution in [0.1, 0.15) is 24.0 Å². The zero-order chi connectivity index (χ0) is 22.7. The minimum atomic E-state index is -3.79. The maximum Gasteiger partial charge on any atom is 0.336 e. The number of nitrogens with one attached hydrogen (secondary N) is 1. The van der Waals surface area contributed by atoms with Crippen LogP contribution in [0.3, 0.4) is 0 Å². The summed E-state index contributed by atoms with van der Waals surface area (Å²) in [5.41, 5.74) is 2.24. The first-order valence-electron chi connectivity index (χ1n) is 9.73. The number of fused-ring (bicyclic) bond motifs is 2. The number of hydrogen-bond acceptors (Lipinski definition) is 9. The predicted octanol–water partition coefficient (Wildman–Crippen LogP) is 2.91. The number of sulfonamides is 1. The second kappa shape index (κ2) is 9.15. The summed E-state index contributed by atoms with van der Waals surface area (Å²) in [6.07, 6.45) is 0.268. The van der Waals surface area contributed by atoms with Crippen LogP contribution in [0.2, 0.25) is 0 Å². The van der Waals surface area contributed by atoms with Crippen LogP contribution in [0.15, 0.2) is 56.6 Å². The van der Waals surface area contributed by atoms with Crippen molar-refractivity contribution in [3.8, 4) is 0 Å². The van der Waals surface area contributed by atoms with Gasteiger partial charge in [0.05, 0.1) is 11.7 Å². The van der Waals surface area contributed by atoms with Gasteiger partial charge in [0.1, 0.15) is 28.1 Å². The van der Waals surface area contributed by atoms with Crippen molar-refractivity contribution < 1.29 is 22.4 Å². The van der Waals surface area contributed by atoms with Gasteiger partial charge in [-0.2, -0.15) is 8.75 Å². The Labute approximate surface area is 187 Å².